The molecule has 32 heavy (non-hydrogen) atoms. The molecule has 1 heterocycles. The lowest BCUT2D eigenvalue weighted by molar-refractivity contribution is -0.125. The number of amides is 2. The van der Waals surface area contributed by atoms with E-state index in [2.05, 4.69) is 10.6 Å². The summed E-state index contributed by atoms with van der Waals surface area (Å²) in [6.45, 7) is 5.86. The maximum atomic E-state index is 12.9. The number of benzene rings is 1. The fraction of sp³-hybridized carbons (Fsp3) is 0.571. The highest BCUT2D eigenvalue weighted by Gasteiger charge is 2.30. The van der Waals surface area contributed by atoms with Gasteiger partial charge in [0.2, 0.25) is 5.91 Å². The van der Waals surface area contributed by atoms with Gasteiger partial charge in [-0.1, -0.05) is 0 Å². The van der Waals surface area contributed by atoms with E-state index < -0.39 is 42.3 Å². The van der Waals surface area contributed by atoms with Gasteiger partial charge in [0, 0.05) is 28.7 Å². The molecule has 0 radical (unpaired) electrons. The number of aromatic hydroxyl groups is 1. The third kappa shape index (κ3) is 6.67. The quantitative estimate of drug-likeness (QED) is 0.483. The first-order valence-electron chi connectivity index (χ1n) is 10.0. The van der Waals surface area contributed by atoms with Crippen LogP contribution in [0.5, 0.6) is 11.5 Å². The van der Waals surface area contributed by atoms with Gasteiger partial charge in [0.05, 0.1) is 25.3 Å². The largest absolute Gasteiger partial charge is 0.507 e. The first-order chi connectivity index (χ1) is 15.0. The average molecular weight is 471 g/mol. The van der Waals surface area contributed by atoms with Crippen molar-refractivity contribution in [3.05, 3.63) is 22.8 Å². The van der Waals surface area contributed by atoms with Gasteiger partial charge in [0.15, 0.2) is 0 Å². The Bertz CT molecular complexity index is 868. The molecule has 2 amide bonds. The zero-order chi connectivity index (χ0) is 24.1. The van der Waals surface area contributed by atoms with Gasteiger partial charge in [-0.25, -0.2) is 9.59 Å². The molecule has 2 rings (SSSR count). The molecule has 0 aromatic heterocycles. The Morgan fingerprint density at radius 3 is 2.66 bits per heavy atom. The average Bonchev–Trinajstić information content (AvgIpc) is 2.69. The number of methoxy groups -OCH3 is 1. The predicted molar refractivity (Wildman–Crippen MR) is 118 cm³/mol. The van der Waals surface area contributed by atoms with Crippen LogP contribution < -0.4 is 15.4 Å². The van der Waals surface area contributed by atoms with Crippen LogP contribution >= 0.6 is 11.8 Å². The van der Waals surface area contributed by atoms with E-state index in [1.165, 1.54) is 24.9 Å². The van der Waals surface area contributed by atoms with E-state index >= 15 is 0 Å². The number of fused-ring (bicyclic) bond motifs is 1. The van der Waals surface area contributed by atoms with Crippen LogP contribution in [-0.2, 0) is 20.0 Å². The third-order valence-corrected chi connectivity index (χ3v) is 5.70. The van der Waals surface area contributed by atoms with Crippen molar-refractivity contribution in [2.45, 2.75) is 51.1 Å². The van der Waals surface area contributed by atoms with E-state index in [0.717, 1.165) is 0 Å². The van der Waals surface area contributed by atoms with Crippen molar-refractivity contribution >= 4 is 29.7 Å². The second kappa shape index (κ2) is 10.8. The summed E-state index contributed by atoms with van der Waals surface area (Å²) in [5.41, 5.74) is 0.171. The van der Waals surface area contributed by atoms with Crippen molar-refractivity contribution in [2.75, 3.05) is 26.1 Å². The van der Waals surface area contributed by atoms with E-state index in [-0.39, 0.29) is 23.7 Å². The number of phenolic OH excluding ortho intramolecular Hbond substituents is 1. The smallest absolute Gasteiger partial charge is 0.408 e. The summed E-state index contributed by atoms with van der Waals surface area (Å²) in [5, 5.41) is 25.1. The van der Waals surface area contributed by atoms with E-state index in [9.17, 15) is 24.6 Å². The standard InChI is InChI=1S/C21H30N2O8S/c1-11-16(29-5)6-15(25)13-10-32-9-12(7-24)22-18(26)14(8-30-19(27)17(11)13)23-20(28)31-21(2,3)4/h6,12,14,24-25H,7-10H2,1-5H3,(H,22,26)(H,23,28)/t12-,14+/m1/s1. The molecular formula is C21H30N2O8S. The van der Waals surface area contributed by atoms with Crippen LogP contribution in [0.1, 0.15) is 42.3 Å². The summed E-state index contributed by atoms with van der Waals surface area (Å²) in [6.07, 6.45) is -0.855. The van der Waals surface area contributed by atoms with Crippen LogP contribution in [-0.4, -0.2) is 71.9 Å². The molecule has 0 saturated heterocycles. The molecule has 0 spiro atoms. The van der Waals surface area contributed by atoms with Gasteiger partial charge >= 0.3 is 12.1 Å². The lowest BCUT2D eigenvalue weighted by atomic mass is 10.0. The number of hydrogen-bond acceptors (Lipinski definition) is 9. The fourth-order valence-corrected chi connectivity index (χ4v) is 4.13. The molecule has 0 unspecified atom stereocenters. The first kappa shape index (κ1) is 25.6. The summed E-state index contributed by atoms with van der Waals surface area (Å²) < 4.78 is 15.8. The number of nitrogens with one attached hydrogen (secondary N) is 2. The van der Waals surface area contributed by atoms with Crippen LogP contribution in [0.25, 0.3) is 0 Å². The van der Waals surface area contributed by atoms with E-state index in [1.807, 2.05) is 0 Å². The number of carbonyl (C=O) groups excluding carboxylic acids is 3. The maximum absolute atomic E-state index is 12.9. The Hall–Kier alpha value is -2.66. The molecule has 0 bridgehead atoms. The number of cyclic esters (lactones) is 1. The second-order valence-corrected chi connectivity index (χ2v) is 9.31. The van der Waals surface area contributed by atoms with Crippen molar-refractivity contribution in [2.24, 2.45) is 0 Å². The molecule has 10 nitrogen and oxygen atoms in total. The van der Waals surface area contributed by atoms with Crippen LogP contribution in [0.2, 0.25) is 0 Å². The van der Waals surface area contributed by atoms with Crippen molar-refractivity contribution in [3.8, 4) is 11.5 Å². The summed E-state index contributed by atoms with van der Waals surface area (Å²) >= 11 is 1.31. The molecule has 1 aliphatic rings. The van der Waals surface area contributed by atoms with Gasteiger partial charge in [0.25, 0.3) is 0 Å². The van der Waals surface area contributed by atoms with Gasteiger partial charge < -0.3 is 35.1 Å². The molecule has 1 aliphatic heterocycles. The Morgan fingerprint density at radius 2 is 2.06 bits per heavy atom. The summed E-state index contributed by atoms with van der Waals surface area (Å²) in [4.78, 5) is 37.9. The topological polar surface area (TPSA) is 143 Å². The minimum atomic E-state index is -1.25. The molecule has 0 saturated carbocycles. The molecule has 4 N–H and O–H groups in total. The first-order valence-corrected chi connectivity index (χ1v) is 11.2. The molecule has 0 fully saturated rings. The molecule has 1 aromatic carbocycles. The minimum Gasteiger partial charge on any atom is -0.507 e. The number of thioether (sulfide) groups is 1. The molecule has 1 aromatic rings. The number of alkyl carbamates (subject to hydrolysis) is 1. The Morgan fingerprint density at radius 1 is 1.38 bits per heavy atom. The number of aliphatic hydroxyl groups is 1. The third-order valence-electron chi connectivity index (χ3n) is 4.57. The van der Waals surface area contributed by atoms with Gasteiger partial charge in [-0.2, -0.15) is 11.8 Å². The van der Waals surface area contributed by atoms with Crippen LogP contribution in [0.4, 0.5) is 4.79 Å². The highest BCUT2D eigenvalue weighted by molar-refractivity contribution is 7.98. The molecule has 0 aliphatic carbocycles. The number of rotatable bonds is 3. The zero-order valence-corrected chi connectivity index (χ0v) is 19.6. The van der Waals surface area contributed by atoms with E-state index in [0.29, 0.717) is 22.6 Å². The number of carbonyl (C=O) groups is 3. The summed E-state index contributed by atoms with van der Waals surface area (Å²) in [5.74, 6) is -0.667. The lowest BCUT2D eigenvalue weighted by Crippen LogP contribution is -2.54. The highest BCUT2D eigenvalue weighted by atomic mass is 32.2. The monoisotopic (exact) mass is 470 g/mol. The SMILES string of the molecule is COc1cc(O)c2c(c1C)C(=O)OC[C@H](NC(=O)OC(C)(C)C)C(=O)N[C@H](CO)CSC2. The Labute approximate surface area is 191 Å². The Balaban J connectivity index is 2.38. The number of aliphatic hydroxyl groups excluding tert-OH is 1. The van der Waals surface area contributed by atoms with Gasteiger partial charge in [-0.15, -0.1) is 0 Å². The van der Waals surface area contributed by atoms with Crippen molar-refractivity contribution in [3.63, 3.8) is 0 Å². The molecule has 2 atom stereocenters. The molecular weight excluding hydrogens is 440 g/mol. The minimum absolute atomic E-state index is 0.128. The zero-order valence-electron chi connectivity index (χ0n) is 18.8. The molecule has 178 valence electrons. The van der Waals surface area contributed by atoms with Crippen LogP contribution in [0.15, 0.2) is 6.07 Å². The van der Waals surface area contributed by atoms with Gasteiger partial charge in [-0.05, 0) is 27.7 Å². The van der Waals surface area contributed by atoms with Crippen LogP contribution in [0, 0.1) is 6.92 Å². The summed E-state index contributed by atoms with van der Waals surface area (Å²) in [6, 6.07) is -0.447. The van der Waals surface area contributed by atoms with Gasteiger partial charge in [-0.3, -0.25) is 4.79 Å². The van der Waals surface area contributed by atoms with Crippen molar-refractivity contribution < 1.29 is 38.8 Å². The van der Waals surface area contributed by atoms with E-state index in [1.54, 1.807) is 27.7 Å². The summed E-state index contributed by atoms with van der Waals surface area (Å²) in [7, 11) is 1.42. The fourth-order valence-electron chi connectivity index (χ4n) is 3.04. The predicted octanol–water partition coefficient (Wildman–Crippen LogP) is 1.48. The van der Waals surface area contributed by atoms with E-state index in [4.69, 9.17) is 14.2 Å². The van der Waals surface area contributed by atoms with Crippen LogP contribution in [0.3, 0.4) is 0 Å². The number of hydrogen-bond donors (Lipinski definition) is 4. The lowest BCUT2D eigenvalue weighted by Gasteiger charge is -2.26. The highest BCUT2D eigenvalue weighted by Crippen LogP contribution is 2.35. The number of phenols is 1. The van der Waals surface area contributed by atoms with Crippen molar-refractivity contribution in [1.29, 1.82) is 0 Å². The second-order valence-electron chi connectivity index (χ2n) is 8.28. The number of ether oxygens (including phenoxy) is 3. The number of esters is 1. The maximum Gasteiger partial charge on any atom is 0.408 e. The Kier molecular flexibility index (Phi) is 8.62. The van der Waals surface area contributed by atoms with Crippen molar-refractivity contribution in [1.82, 2.24) is 10.6 Å². The van der Waals surface area contributed by atoms with Gasteiger partial charge in [0.1, 0.15) is 29.7 Å². The molecule has 11 heteroatoms. The normalized spacial score (nSPS) is 20.1.